The van der Waals surface area contributed by atoms with Gasteiger partial charge in [-0.25, -0.2) is 9.78 Å². The van der Waals surface area contributed by atoms with E-state index in [4.69, 9.17) is 4.74 Å². The Labute approximate surface area is 124 Å². The van der Waals surface area contributed by atoms with Gasteiger partial charge >= 0.3 is 6.09 Å². The lowest BCUT2D eigenvalue weighted by Gasteiger charge is -2.34. The van der Waals surface area contributed by atoms with Crippen molar-refractivity contribution in [2.75, 3.05) is 6.54 Å². The van der Waals surface area contributed by atoms with Crippen LogP contribution in [-0.2, 0) is 11.3 Å². The first-order valence-corrected chi connectivity index (χ1v) is 7.28. The van der Waals surface area contributed by atoms with E-state index in [1.54, 1.807) is 4.90 Å². The minimum atomic E-state index is -0.466. The first-order chi connectivity index (χ1) is 9.85. The average Bonchev–Trinajstić information content (AvgIpc) is 2.75. The van der Waals surface area contributed by atoms with Gasteiger partial charge in [0.15, 0.2) is 0 Å². The third kappa shape index (κ3) is 2.60. The molecule has 0 aliphatic carbocycles. The number of amides is 1. The maximum Gasteiger partial charge on any atom is 0.410 e. The van der Waals surface area contributed by atoms with Crippen molar-refractivity contribution in [3.63, 3.8) is 0 Å². The summed E-state index contributed by atoms with van der Waals surface area (Å²) in [5, 5.41) is 1.12. The van der Waals surface area contributed by atoms with Gasteiger partial charge in [0.2, 0.25) is 0 Å². The van der Waals surface area contributed by atoms with E-state index in [2.05, 4.69) is 28.6 Å². The molecule has 5 heteroatoms. The summed E-state index contributed by atoms with van der Waals surface area (Å²) in [4.78, 5) is 18.5. The molecule has 21 heavy (non-hydrogen) atoms. The molecule has 1 aliphatic heterocycles. The predicted molar refractivity (Wildman–Crippen MR) is 81.1 cm³/mol. The van der Waals surface area contributed by atoms with Crippen LogP contribution in [0.4, 0.5) is 4.79 Å². The monoisotopic (exact) mass is 287 g/mol. The molecule has 1 amide bonds. The standard InChI is InChI=1S/C16H21N3O2/c1-11-9-18(15(20)21-16(2,3)4)10-13-8-12-6-5-7-17-14(12)19(11)13/h5-8,11H,9-10H2,1-4H3/t11-/m1/s1. The van der Waals surface area contributed by atoms with Gasteiger partial charge in [0.05, 0.1) is 12.6 Å². The van der Waals surface area contributed by atoms with Crippen molar-refractivity contribution in [2.24, 2.45) is 0 Å². The van der Waals surface area contributed by atoms with Crippen LogP contribution in [0.2, 0.25) is 0 Å². The van der Waals surface area contributed by atoms with Crippen molar-refractivity contribution in [1.29, 1.82) is 0 Å². The highest BCUT2D eigenvalue weighted by atomic mass is 16.6. The van der Waals surface area contributed by atoms with Crippen LogP contribution in [0.1, 0.15) is 39.4 Å². The quantitative estimate of drug-likeness (QED) is 0.746. The summed E-state index contributed by atoms with van der Waals surface area (Å²) < 4.78 is 7.70. The second-order valence-corrected chi connectivity index (χ2v) is 6.63. The molecule has 3 heterocycles. The summed E-state index contributed by atoms with van der Waals surface area (Å²) in [7, 11) is 0. The van der Waals surface area contributed by atoms with Gasteiger partial charge in [-0.3, -0.25) is 0 Å². The zero-order valence-corrected chi connectivity index (χ0v) is 13.0. The third-order valence-electron chi connectivity index (χ3n) is 3.61. The van der Waals surface area contributed by atoms with Gasteiger partial charge in [0, 0.05) is 23.8 Å². The van der Waals surface area contributed by atoms with Crippen LogP contribution in [-0.4, -0.2) is 32.7 Å². The number of pyridine rings is 1. The predicted octanol–water partition coefficient (Wildman–Crippen LogP) is 3.35. The summed E-state index contributed by atoms with van der Waals surface area (Å²) in [6, 6.07) is 6.28. The number of hydrogen-bond acceptors (Lipinski definition) is 3. The summed E-state index contributed by atoms with van der Waals surface area (Å²) in [6.45, 7) is 8.98. The van der Waals surface area contributed by atoms with Crippen LogP contribution >= 0.6 is 0 Å². The molecule has 0 fully saturated rings. The molecule has 0 radical (unpaired) electrons. The lowest BCUT2D eigenvalue weighted by molar-refractivity contribution is 0.0175. The lowest BCUT2D eigenvalue weighted by Crippen LogP contribution is -2.42. The van der Waals surface area contributed by atoms with E-state index < -0.39 is 5.60 Å². The van der Waals surface area contributed by atoms with Crippen molar-refractivity contribution in [1.82, 2.24) is 14.5 Å². The Morgan fingerprint density at radius 1 is 1.43 bits per heavy atom. The number of ether oxygens (including phenoxy) is 1. The second-order valence-electron chi connectivity index (χ2n) is 6.63. The van der Waals surface area contributed by atoms with Crippen LogP contribution in [0.3, 0.4) is 0 Å². The number of fused-ring (bicyclic) bond motifs is 3. The van der Waals surface area contributed by atoms with Gasteiger partial charge in [0.1, 0.15) is 11.2 Å². The molecule has 0 saturated carbocycles. The number of rotatable bonds is 0. The van der Waals surface area contributed by atoms with Gasteiger partial charge < -0.3 is 14.2 Å². The van der Waals surface area contributed by atoms with Crippen molar-refractivity contribution in [2.45, 2.75) is 45.9 Å². The minimum Gasteiger partial charge on any atom is -0.444 e. The fourth-order valence-electron chi connectivity index (χ4n) is 2.85. The number of hydrogen-bond donors (Lipinski definition) is 0. The Morgan fingerprint density at radius 3 is 2.90 bits per heavy atom. The van der Waals surface area contributed by atoms with E-state index in [1.807, 2.05) is 33.0 Å². The largest absolute Gasteiger partial charge is 0.444 e. The number of aromatic nitrogens is 2. The third-order valence-corrected chi connectivity index (χ3v) is 3.61. The summed E-state index contributed by atoms with van der Waals surface area (Å²) in [5.41, 5.74) is 1.63. The zero-order valence-electron chi connectivity index (χ0n) is 13.0. The molecule has 5 nitrogen and oxygen atoms in total. The molecule has 112 valence electrons. The Kier molecular flexibility index (Phi) is 3.15. The summed E-state index contributed by atoms with van der Waals surface area (Å²) >= 11 is 0. The molecule has 0 unspecified atom stereocenters. The first kappa shape index (κ1) is 13.9. The van der Waals surface area contributed by atoms with Crippen LogP contribution in [0.5, 0.6) is 0 Å². The van der Waals surface area contributed by atoms with Crippen molar-refractivity contribution in [3.8, 4) is 0 Å². The summed E-state index contributed by atoms with van der Waals surface area (Å²) in [6.07, 6.45) is 1.56. The molecule has 0 aromatic carbocycles. The number of carbonyl (C=O) groups excluding carboxylic acids is 1. The highest BCUT2D eigenvalue weighted by molar-refractivity contribution is 5.78. The van der Waals surface area contributed by atoms with Crippen LogP contribution in [0.15, 0.2) is 24.4 Å². The van der Waals surface area contributed by atoms with Gasteiger partial charge in [-0.2, -0.15) is 0 Å². The number of carbonyl (C=O) groups is 1. The molecule has 0 bridgehead atoms. The molecule has 2 aromatic heterocycles. The SMILES string of the molecule is C[C@@H]1CN(C(=O)OC(C)(C)C)Cc2cc3cccnc3n21. The van der Waals surface area contributed by atoms with E-state index in [0.29, 0.717) is 13.1 Å². The molecule has 3 rings (SSSR count). The molecular weight excluding hydrogens is 266 g/mol. The van der Waals surface area contributed by atoms with Crippen molar-refractivity contribution >= 4 is 17.1 Å². The average molecular weight is 287 g/mol. The summed E-state index contributed by atoms with van der Waals surface area (Å²) in [5.74, 6) is 0. The lowest BCUT2D eigenvalue weighted by atomic mass is 10.2. The van der Waals surface area contributed by atoms with Gasteiger partial charge in [-0.05, 0) is 45.9 Å². The second kappa shape index (κ2) is 4.76. The Balaban J connectivity index is 1.91. The maximum atomic E-state index is 12.3. The van der Waals surface area contributed by atoms with Crippen LogP contribution < -0.4 is 0 Å². The minimum absolute atomic E-state index is 0.189. The molecule has 0 N–H and O–H groups in total. The highest BCUT2D eigenvalue weighted by Crippen LogP contribution is 2.29. The highest BCUT2D eigenvalue weighted by Gasteiger charge is 2.30. The Hall–Kier alpha value is -2.04. The smallest absolute Gasteiger partial charge is 0.410 e. The van der Waals surface area contributed by atoms with Gasteiger partial charge in [0.25, 0.3) is 0 Å². The van der Waals surface area contributed by atoms with Crippen molar-refractivity contribution in [3.05, 3.63) is 30.1 Å². The fraction of sp³-hybridized carbons (Fsp3) is 0.500. The zero-order chi connectivity index (χ0) is 15.2. The van der Waals surface area contributed by atoms with E-state index in [-0.39, 0.29) is 12.1 Å². The van der Waals surface area contributed by atoms with Crippen molar-refractivity contribution < 1.29 is 9.53 Å². The molecule has 0 saturated heterocycles. The van der Waals surface area contributed by atoms with E-state index in [1.165, 1.54) is 0 Å². The molecule has 0 spiro atoms. The molecular formula is C16H21N3O2. The van der Waals surface area contributed by atoms with E-state index >= 15 is 0 Å². The molecule has 1 atom stereocenters. The molecule has 1 aliphatic rings. The van der Waals surface area contributed by atoms with E-state index in [9.17, 15) is 4.79 Å². The van der Waals surface area contributed by atoms with Gasteiger partial charge in [-0.1, -0.05) is 0 Å². The Bertz CT molecular complexity index is 684. The normalized spacial score (nSPS) is 18.7. The van der Waals surface area contributed by atoms with E-state index in [0.717, 1.165) is 16.7 Å². The Morgan fingerprint density at radius 2 is 2.19 bits per heavy atom. The maximum absolute atomic E-state index is 12.3. The van der Waals surface area contributed by atoms with Gasteiger partial charge in [-0.15, -0.1) is 0 Å². The van der Waals surface area contributed by atoms with Crippen LogP contribution in [0, 0.1) is 0 Å². The first-order valence-electron chi connectivity index (χ1n) is 7.28. The van der Waals surface area contributed by atoms with Crippen LogP contribution in [0.25, 0.3) is 11.0 Å². The fourth-order valence-corrected chi connectivity index (χ4v) is 2.85. The number of nitrogens with zero attached hydrogens (tertiary/aromatic N) is 3. The molecule has 2 aromatic rings. The topological polar surface area (TPSA) is 47.4 Å².